The van der Waals surface area contributed by atoms with Crippen molar-refractivity contribution in [3.8, 4) is 0 Å². The average Bonchev–Trinajstić information content (AvgIpc) is 3.30. The molecule has 0 aliphatic rings. The van der Waals surface area contributed by atoms with E-state index in [1.807, 2.05) is 0 Å². The molecule has 0 saturated heterocycles. The van der Waals surface area contributed by atoms with E-state index in [0.29, 0.717) is 19.3 Å². The summed E-state index contributed by atoms with van der Waals surface area (Å²) >= 11 is 0. The summed E-state index contributed by atoms with van der Waals surface area (Å²) in [5.74, 6) is -1.03. The van der Waals surface area contributed by atoms with E-state index in [1.54, 1.807) is 0 Å². The monoisotopic (exact) mass is 897 g/mol. The third-order valence-electron chi connectivity index (χ3n) is 10.1. The Balaban J connectivity index is 4.56. The Kier molecular flexibility index (Phi) is 48.6. The van der Waals surface area contributed by atoms with Crippen molar-refractivity contribution in [2.75, 3.05) is 13.2 Å². The van der Waals surface area contributed by atoms with E-state index in [2.05, 4.69) is 154 Å². The molecule has 6 heteroatoms. The highest BCUT2D eigenvalue weighted by atomic mass is 16.6. The van der Waals surface area contributed by atoms with Gasteiger partial charge in [0.25, 0.3) is 0 Å². The highest BCUT2D eigenvalue weighted by Gasteiger charge is 2.19. The Hall–Kier alpha value is -4.45. The van der Waals surface area contributed by atoms with Gasteiger partial charge in [0.05, 0.1) is 0 Å². The summed E-state index contributed by atoms with van der Waals surface area (Å²) in [4.78, 5) is 37.9. The summed E-state index contributed by atoms with van der Waals surface area (Å²) in [5.41, 5.74) is 0. The molecule has 0 spiro atoms. The third-order valence-corrected chi connectivity index (χ3v) is 10.1. The van der Waals surface area contributed by atoms with Crippen LogP contribution < -0.4 is 0 Å². The molecule has 364 valence electrons. The molecule has 0 aromatic heterocycles. The number of hydrogen-bond donors (Lipinski definition) is 0. The molecule has 0 radical (unpaired) electrons. The maximum absolute atomic E-state index is 12.8. The Morgan fingerprint density at radius 1 is 0.323 bits per heavy atom. The molecule has 0 aliphatic heterocycles. The Morgan fingerprint density at radius 2 is 0.615 bits per heavy atom. The van der Waals surface area contributed by atoms with Crippen molar-refractivity contribution < 1.29 is 28.6 Å². The first-order valence-electron chi connectivity index (χ1n) is 25.7. The van der Waals surface area contributed by atoms with Gasteiger partial charge in [-0.2, -0.15) is 0 Å². The third kappa shape index (κ3) is 50.4. The lowest BCUT2D eigenvalue weighted by molar-refractivity contribution is -0.167. The fourth-order valence-electron chi connectivity index (χ4n) is 6.31. The Labute approximate surface area is 398 Å². The molecule has 0 heterocycles. The Bertz CT molecular complexity index is 1450. The summed E-state index contributed by atoms with van der Waals surface area (Å²) in [6, 6.07) is 0. The van der Waals surface area contributed by atoms with Crippen molar-refractivity contribution in [2.24, 2.45) is 0 Å². The quantitative estimate of drug-likeness (QED) is 0.0262. The molecule has 0 N–H and O–H groups in total. The average molecular weight is 897 g/mol. The van der Waals surface area contributed by atoms with Crippen LogP contribution in [0.1, 0.15) is 201 Å². The first kappa shape index (κ1) is 60.5. The van der Waals surface area contributed by atoms with E-state index in [0.717, 1.165) is 128 Å². The van der Waals surface area contributed by atoms with E-state index in [1.165, 1.54) is 25.7 Å². The van der Waals surface area contributed by atoms with Gasteiger partial charge < -0.3 is 14.2 Å². The van der Waals surface area contributed by atoms with Crippen molar-refractivity contribution >= 4 is 17.9 Å². The topological polar surface area (TPSA) is 78.9 Å². The molecule has 0 rings (SSSR count). The van der Waals surface area contributed by atoms with Crippen LogP contribution in [0.5, 0.6) is 0 Å². The van der Waals surface area contributed by atoms with Gasteiger partial charge in [0, 0.05) is 19.3 Å². The van der Waals surface area contributed by atoms with E-state index in [4.69, 9.17) is 14.2 Å². The summed E-state index contributed by atoms with van der Waals surface area (Å²) < 4.78 is 16.7. The first-order chi connectivity index (χ1) is 32.0. The van der Waals surface area contributed by atoms with Crippen molar-refractivity contribution in [3.63, 3.8) is 0 Å². The van der Waals surface area contributed by atoms with E-state index >= 15 is 0 Å². The molecular weight excluding hydrogens is 805 g/mol. The number of carbonyl (C=O) groups excluding carboxylic acids is 3. The van der Waals surface area contributed by atoms with Crippen molar-refractivity contribution in [1.29, 1.82) is 0 Å². The molecule has 65 heavy (non-hydrogen) atoms. The highest BCUT2D eigenvalue weighted by molar-refractivity contribution is 5.71. The standard InChI is InChI=1S/C59H92O6/c1-4-7-10-13-16-19-22-24-26-28-29-31-32-34-37-40-43-46-49-52-58(61)64-55-56(54-63-57(60)51-48-45-42-39-36-21-18-15-12-9-6-3)65-59(62)53-50-47-44-41-38-35-33-30-27-25-23-20-17-14-11-8-5-2/h7-8,10-11,15-20,24-27,29,31,33-35,37,41,44,56H,4-6,9,12-14,21-23,28,30,32,36,38-40,42-43,45-55H2,1-3H3/b10-7-,11-8-,18-15-,19-16-,20-17-,26-24-,27-25-,31-29-,35-33-,37-34-,44-41-. The smallest absolute Gasteiger partial charge is 0.306 e. The van der Waals surface area contributed by atoms with Gasteiger partial charge in [0.15, 0.2) is 6.10 Å². The molecule has 1 atom stereocenters. The zero-order valence-corrected chi connectivity index (χ0v) is 41.4. The van der Waals surface area contributed by atoms with Gasteiger partial charge in [-0.3, -0.25) is 14.4 Å². The lowest BCUT2D eigenvalue weighted by Crippen LogP contribution is -2.30. The second-order valence-electron chi connectivity index (χ2n) is 16.3. The maximum atomic E-state index is 12.8. The van der Waals surface area contributed by atoms with Crippen LogP contribution in [-0.2, 0) is 28.6 Å². The van der Waals surface area contributed by atoms with Crippen LogP contribution in [0.25, 0.3) is 0 Å². The van der Waals surface area contributed by atoms with Gasteiger partial charge >= 0.3 is 17.9 Å². The lowest BCUT2D eigenvalue weighted by Gasteiger charge is -2.18. The SMILES string of the molecule is CC/C=C\C/C=C\C/C=C\C/C=C\C/C=C\CCCCCC(=O)OCC(COC(=O)CCCCCCC/C=C\CCCC)OC(=O)CCC/C=C\C/C=C\C/C=C\C/C=C\C/C=C\CC. The highest BCUT2D eigenvalue weighted by Crippen LogP contribution is 2.11. The van der Waals surface area contributed by atoms with E-state index in [9.17, 15) is 14.4 Å². The molecule has 0 aromatic rings. The summed E-state index contributed by atoms with van der Waals surface area (Å²) in [5, 5.41) is 0. The predicted octanol–water partition coefficient (Wildman–Crippen LogP) is 17.1. The molecular formula is C59H92O6. The molecule has 0 bridgehead atoms. The minimum Gasteiger partial charge on any atom is -0.462 e. The van der Waals surface area contributed by atoms with E-state index in [-0.39, 0.29) is 37.5 Å². The number of ether oxygens (including phenoxy) is 3. The Morgan fingerprint density at radius 3 is 1.02 bits per heavy atom. The van der Waals surface area contributed by atoms with E-state index < -0.39 is 6.10 Å². The summed E-state index contributed by atoms with van der Waals surface area (Å²) in [7, 11) is 0. The second kappa shape index (κ2) is 52.2. The minimum atomic E-state index is -0.829. The normalized spacial score (nSPS) is 13.2. The van der Waals surface area contributed by atoms with Crippen molar-refractivity contribution in [2.45, 2.75) is 207 Å². The number of carbonyl (C=O) groups is 3. The van der Waals surface area contributed by atoms with Gasteiger partial charge in [0.2, 0.25) is 0 Å². The predicted molar refractivity (Wildman–Crippen MR) is 279 cm³/mol. The van der Waals surface area contributed by atoms with Crippen molar-refractivity contribution in [1.82, 2.24) is 0 Å². The van der Waals surface area contributed by atoms with Gasteiger partial charge in [-0.15, -0.1) is 0 Å². The van der Waals surface area contributed by atoms with Gasteiger partial charge in [-0.05, 0) is 122 Å². The molecule has 0 amide bonds. The lowest BCUT2D eigenvalue weighted by atomic mass is 10.1. The van der Waals surface area contributed by atoms with Crippen molar-refractivity contribution in [3.05, 3.63) is 134 Å². The zero-order chi connectivity index (χ0) is 47.2. The molecule has 6 nitrogen and oxygen atoms in total. The van der Waals surface area contributed by atoms with Crippen LogP contribution in [0.2, 0.25) is 0 Å². The zero-order valence-electron chi connectivity index (χ0n) is 41.4. The van der Waals surface area contributed by atoms with Gasteiger partial charge in [-0.25, -0.2) is 0 Å². The molecule has 0 fully saturated rings. The van der Waals surface area contributed by atoms with Gasteiger partial charge in [-0.1, -0.05) is 193 Å². The number of unbranched alkanes of at least 4 members (excludes halogenated alkanes) is 11. The van der Waals surface area contributed by atoms with Crippen LogP contribution in [0.4, 0.5) is 0 Å². The number of hydrogen-bond acceptors (Lipinski definition) is 6. The second-order valence-corrected chi connectivity index (χ2v) is 16.3. The largest absolute Gasteiger partial charge is 0.462 e. The van der Waals surface area contributed by atoms with Crippen LogP contribution >= 0.6 is 0 Å². The summed E-state index contributed by atoms with van der Waals surface area (Å²) in [6.07, 6.45) is 73.0. The summed E-state index contributed by atoms with van der Waals surface area (Å²) in [6.45, 7) is 6.26. The maximum Gasteiger partial charge on any atom is 0.306 e. The molecule has 0 aromatic carbocycles. The minimum absolute atomic E-state index is 0.121. The fraction of sp³-hybridized carbons (Fsp3) is 0.576. The first-order valence-corrected chi connectivity index (χ1v) is 25.7. The van der Waals surface area contributed by atoms with Crippen LogP contribution in [0, 0.1) is 0 Å². The number of esters is 3. The molecule has 1 unspecified atom stereocenters. The van der Waals surface area contributed by atoms with Crippen LogP contribution in [0.3, 0.4) is 0 Å². The van der Waals surface area contributed by atoms with Gasteiger partial charge in [0.1, 0.15) is 13.2 Å². The van der Waals surface area contributed by atoms with Crippen LogP contribution in [-0.4, -0.2) is 37.2 Å². The van der Waals surface area contributed by atoms with Crippen LogP contribution in [0.15, 0.2) is 134 Å². The molecule has 0 aliphatic carbocycles. The fourth-order valence-corrected chi connectivity index (χ4v) is 6.31. The number of rotatable bonds is 44. The number of allylic oxidation sites excluding steroid dienone is 22. The molecule has 0 saturated carbocycles.